The predicted molar refractivity (Wildman–Crippen MR) is 107 cm³/mol. The molecule has 2 nitrogen and oxygen atoms in total. The second-order valence-corrected chi connectivity index (χ2v) is 9.61. The van der Waals surface area contributed by atoms with Crippen molar-refractivity contribution in [1.82, 2.24) is 0 Å². The van der Waals surface area contributed by atoms with Gasteiger partial charge >= 0.3 is 0 Å². The largest absolute Gasteiger partial charge is 0.382 e. The number of hydrogen-bond donors (Lipinski definition) is 0. The standard InChI is InChI=1S/C20H28O2S2/c1-20(2,3)18-14-23-19(24-15-18)17-9-7-16(8-10-17)6-5-11-22-13-12-21-4/h7-10,18-19H,11-15H2,1-4H3. The van der Waals surface area contributed by atoms with Crippen LogP contribution < -0.4 is 0 Å². The number of methoxy groups -OCH3 is 1. The van der Waals surface area contributed by atoms with Gasteiger partial charge in [-0.05, 0) is 40.5 Å². The Morgan fingerprint density at radius 2 is 1.75 bits per heavy atom. The lowest BCUT2D eigenvalue weighted by Crippen LogP contribution is -2.27. The van der Waals surface area contributed by atoms with Gasteiger partial charge in [-0.15, -0.1) is 23.5 Å². The highest BCUT2D eigenvalue weighted by molar-refractivity contribution is 8.16. The summed E-state index contributed by atoms with van der Waals surface area (Å²) in [5.41, 5.74) is 2.86. The minimum absolute atomic E-state index is 0.412. The van der Waals surface area contributed by atoms with Gasteiger partial charge in [0.1, 0.15) is 6.61 Å². The average molecular weight is 365 g/mol. The third-order valence-electron chi connectivity index (χ3n) is 4.14. The quantitative estimate of drug-likeness (QED) is 0.549. The number of hydrogen-bond acceptors (Lipinski definition) is 4. The molecular formula is C20H28O2S2. The van der Waals surface area contributed by atoms with Gasteiger partial charge in [-0.3, -0.25) is 0 Å². The highest BCUT2D eigenvalue weighted by Crippen LogP contribution is 2.49. The molecule has 0 saturated carbocycles. The highest BCUT2D eigenvalue weighted by Gasteiger charge is 2.31. The molecule has 0 radical (unpaired) electrons. The second-order valence-electron chi connectivity index (χ2n) is 7.03. The first kappa shape index (κ1) is 19.7. The summed E-state index contributed by atoms with van der Waals surface area (Å²) in [7, 11) is 1.67. The van der Waals surface area contributed by atoms with E-state index in [0.717, 1.165) is 11.5 Å². The molecule has 1 saturated heterocycles. The van der Waals surface area contributed by atoms with E-state index in [1.54, 1.807) is 7.11 Å². The lowest BCUT2D eigenvalue weighted by atomic mass is 9.83. The number of ether oxygens (including phenoxy) is 2. The maximum atomic E-state index is 5.35. The van der Waals surface area contributed by atoms with Crippen molar-refractivity contribution in [2.24, 2.45) is 11.3 Å². The van der Waals surface area contributed by atoms with Crippen molar-refractivity contribution in [3.8, 4) is 11.8 Å². The molecule has 1 heterocycles. The summed E-state index contributed by atoms with van der Waals surface area (Å²) in [4.78, 5) is 0. The van der Waals surface area contributed by atoms with Crippen molar-refractivity contribution in [2.45, 2.75) is 25.4 Å². The molecule has 1 aromatic rings. The van der Waals surface area contributed by atoms with Crippen molar-refractivity contribution in [2.75, 3.05) is 38.4 Å². The molecule has 0 unspecified atom stereocenters. The maximum Gasteiger partial charge on any atom is 0.108 e. The van der Waals surface area contributed by atoms with Crippen molar-refractivity contribution in [1.29, 1.82) is 0 Å². The van der Waals surface area contributed by atoms with Gasteiger partial charge in [0.05, 0.1) is 17.8 Å². The monoisotopic (exact) mass is 364 g/mol. The van der Waals surface area contributed by atoms with Crippen molar-refractivity contribution < 1.29 is 9.47 Å². The minimum Gasteiger partial charge on any atom is -0.382 e. The topological polar surface area (TPSA) is 18.5 Å². The maximum absolute atomic E-state index is 5.35. The Hall–Kier alpha value is -0.600. The zero-order valence-electron chi connectivity index (χ0n) is 15.1. The summed E-state index contributed by atoms with van der Waals surface area (Å²) in [6.07, 6.45) is 0. The molecule has 1 aliphatic rings. The molecule has 0 aromatic heterocycles. The summed E-state index contributed by atoms with van der Waals surface area (Å²) in [6, 6.07) is 8.68. The van der Waals surface area contributed by atoms with Crippen LogP contribution >= 0.6 is 23.5 Å². The van der Waals surface area contributed by atoms with Gasteiger partial charge in [0, 0.05) is 12.7 Å². The predicted octanol–water partition coefficient (Wildman–Crippen LogP) is 4.84. The molecule has 1 fully saturated rings. The van der Waals surface area contributed by atoms with Crippen LogP contribution in [0.3, 0.4) is 0 Å². The Balaban J connectivity index is 1.81. The zero-order valence-corrected chi connectivity index (χ0v) is 16.8. The van der Waals surface area contributed by atoms with Crippen LogP contribution in [0.1, 0.15) is 36.5 Å². The first-order valence-electron chi connectivity index (χ1n) is 8.39. The van der Waals surface area contributed by atoms with E-state index >= 15 is 0 Å². The summed E-state index contributed by atoms with van der Waals surface area (Å²) < 4.78 is 10.8. The molecule has 0 aliphatic carbocycles. The van der Waals surface area contributed by atoms with E-state index in [9.17, 15) is 0 Å². The molecule has 0 spiro atoms. The first-order valence-corrected chi connectivity index (χ1v) is 10.5. The molecule has 132 valence electrons. The van der Waals surface area contributed by atoms with Crippen molar-refractivity contribution in [3.63, 3.8) is 0 Å². The van der Waals surface area contributed by atoms with E-state index in [2.05, 4.69) is 80.4 Å². The van der Waals surface area contributed by atoms with Gasteiger partial charge in [-0.1, -0.05) is 44.7 Å². The third-order valence-corrected chi connectivity index (χ3v) is 7.30. The van der Waals surface area contributed by atoms with Crippen LogP contribution in [0.2, 0.25) is 0 Å². The lowest BCUT2D eigenvalue weighted by Gasteiger charge is -2.36. The molecule has 0 atom stereocenters. The Bertz CT molecular complexity index is 544. The van der Waals surface area contributed by atoms with E-state index < -0.39 is 0 Å². The van der Waals surface area contributed by atoms with Crippen molar-refractivity contribution in [3.05, 3.63) is 35.4 Å². The SMILES string of the molecule is COCCOCC#Cc1ccc(C2SCC(C(C)(C)C)CS2)cc1. The van der Waals surface area contributed by atoms with Gasteiger partial charge < -0.3 is 9.47 Å². The van der Waals surface area contributed by atoms with E-state index in [1.165, 1.54) is 17.1 Å². The number of rotatable bonds is 5. The fourth-order valence-corrected chi connectivity index (χ4v) is 6.08. The number of thioether (sulfide) groups is 2. The van der Waals surface area contributed by atoms with Crippen LogP contribution in [-0.4, -0.2) is 38.4 Å². The molecule has 2 rings (SSSR count). The summed E-state index contributed by atoms with van der Waals surface area (Å²) in [5, 5.41) is 0. The second kappa shape index (κ2) is 9.77. The van der Waals surface area contributed by atoms with Gasteiger partial charge in [0.2, 0.25) is 0 Å². The van der Waals surface area contributed by atoms with E-state index in [4.69, 9.17) is 9.47 Å². The molecule has 0 N–H and O–H groups in total. The van der Waals surface area contributed by atoms with Crippen LogP contribution in [0.4, 0.5) is 0 Å². The fraction of sp³-hybridized carbons (Fsp3) is 0.600. The first-order chi connectivity index (χ1) is 11.5. The summed E-state index contributed by atoms with van der Waals surface area (Å²) in [5.74, 6) is 9.49. The summed E-state index contributed by atoms with van der Waals surface area (Å²) >= 11 is 4.16. The highest BCUT2D eigenvalue weighted by atomic mass is 32.2. The minimum atomic E-state index is 0.412. The van der Waals surface area contributed by atoms with E-state index in [-0.39, 0.29) is 0 Å². The number of benzene rings is 1. The Labute approximate surface area is 155 Å². The molecule has 1 aliphatic heterocycles. The van der Waals surface area contributed by atoms with Gasteiger partial charge in [-0.2, -0.15) is 0 Å². The van der Waals surface area contributed by atoms with E-state index in [0.29, 0.717) is 29.8 Å². The van der Waals surface area contributed by atoms with Crippen LogP contribution in [-0.2, 0) is 9.47 Å². The molecule has 0 amide bonds. The fourth-order valence-electron chi connectivity index (χ4n) is 2.32. The molecule has 24 heavy (non-hydrogen) atoms. The van der Waals surface area contributed by atoms with Crippen LogP contribution in [0, 0.1) is 23.2 Å². The average Bonchev–Trinajstić information content (AvgIpc) is 2.58. The summed E-state index contributed by atoms with van der Waals surface area (Å²) in [6.45, 7) is 8.72. The lowest BCUT2D eigenvalue weighted by molar-refractivity contribution is 0.0877. The van der Waals surface area contributed by atoms with Crippen LogP contribution in [0.25, 0.3) is 0 Å². The molecule has 1 aromatic carbocycles. The van der Waals surface area contributed by atoms with Crippen LogP contribution in [0.15, 0.2) is 24.3 Å². The Kier molecular flexibility index (Phi) is 8.03. The van der Waals surface area contributed by atoms with Crippen molar-refractivity contribution >= 4 is 23.5 Å². The Morgan fingerprint density at radius 1 is 1.08 bits per heavy atom. The Morgan fingerprint density at radius 3 is 2.33 bits per heavy atom. The van der Waals surface area contributed by atoms with Crippen LogP contribution in [0.5, 0.6) is 0 Å². The van der Waals surface area contributed by atoms with Gasteiger partial charge in [0.15, 0.2) is 0 Å². The zero-order chi connectivity index (χ0) is 17.4. The molecule has 0 bridgehead atoms. The molecular weight excluding hydrogens is 336 g/mol. The van der Waals surface area contributed by atoms with Gasteiger partial charge in [-0.25, -0.2) is 0 Å². The van der Waals surface area contributed by atoms with E-state index in [1.807, 2.05) is 0 Å². The normalized spacial score (nSPS) is 21.2. The smallest absolute Gasteiger partial charge is 0.108 e. The van der Waals surface area contributed by atoms with Gasteiger partial charge in [0.25, 0.3) is 0 Å². The molecule has 4 heteroatoms. The third kappa shape index (κ3) is 6.37.